The van der Waals surface area contributed by atoms with Crippen LogP contribution in [-0.4, -0.2) is 35.9 Å². The van der Waals surface area contributed by atoms with E-state index in [0.29, 0.717) is 0 Å². The lowest BCUT2D eigenvalue weighted by molar-refractivity contribution is -0.144. The molecule has 24 heavy (non-hydrogen) atoms. The summed E-state index contributed by atoms with van der Waals surface area (Å²) in [6.07, 6.45) is 5.09. The molecule has 2 fully saturated rings. The average molecular weight is 330 g/mol. The summed E-state index contributed by atoms with van der Waals surface area (Å²) in [7, 11) is 1.58. The van der Waals surface area contributed by atoms with Gasteiger partial charge in [0.1, 0.15) is 11.7 Å². The Morgan fingerprint density at radius 1 is 1.08 bits per heavy atom. The van der Waals surface area contributed by atoms with Gasteiger partial charge in [-0.25, -0.2) is 4.79 Å². The number of methoxy groups -OCH3 is 1. The summed E-state index contributed by atoms with van der Waals surface area (Å²) >= 11 is 0. The number of hydrogen-bond acceptors (Lipinski definition) is 4. The number of carbonyl (C=O) groups excluding carboxylic acids is 3. The third-order valence-corrected chi connectivity index (χ3v) is 4.84. The van der Waals surface area contributed by atoms with Gasteiger partial charge in [-0.15, -0.1) is 0 Å². The van der Waals surface area contributed by atoms with Crippen molar-refractivity contribution in [3.8, 4) is 5.75 Å². The summed E-state index contributed by atoms with van der Waals surface area (Å²) in [4.78, 5) is 38.4. The van der Waals surface area contributed by atoms with E-state index in [9.17, 15) is 14.4 Å². The first kappa shape index (κ1) is 16.5. The Hall–Kier alpha value is -2.37. The zero-order valence-electron chi connectivity index (χ0n) is 13.8. The molecule has 1 aromatic rings. The zero-order valence-corrected chi connectivity index (χ0v) is 13.8. The van der Waals surface area contributed by atoms with Gasteiger partial charge in [0.25, 0.3) is 0 Å². The predicted octanol–water partition coefficient (Wildman–Crippen LogP) is 2.27. The molecule has 1 atom stereocenters. The maximum Gasteiger partial charge on any atom is 0.331 e. The van der Waals surface area contributed by atoms with Crippen LogP contribution < -0.4 is 10.1 Å². The molecule has 1 aliphatic heterocycles. The molecular formula is C18H22N2O4. The Morgan fingerprint density at radius 3 is 2.38 bits per heavy atom. The maximum atomic E-state index is 12.8. The highest BCUT2D eigenvalue weighted by Gasteiger charge is 2.43. The molecule has 128 valence electrons. The van der Waals surface area contributed by atoms with E-state index in [1.807, 2.05) is 12.1 Å². The standard InChI is InChI=1S/C18H22N2O4/c1-24-14-9-7-12(8-10-14)11-15-16(21)19-18(23)20(17(15)22)13-5-3-2-4-6-13/h7-10,13,15H,2-6,11H2,1H3,(H,19,21,23). The molecule has 6 nitrogen and oxygen atoms in total. The number of imide groups is 2. The number of carbonyl (C=O) groups is 3. The van der Waals surface area contributed by atoms with Gasteiger partial charge in [0.2, 0.25) is 11.8 Å². The van der Waals surface area contributed by atoms with E-state index in [1.165, 1.54) is 4.90 Å². The number of urea groups is 1. The Labute approximate surface area is 141 Å². The SMILES string of the molecule is COc1ccc(CC2C(=O)NC(=O)N(C3CCCCC3)C2=O)cc1. The van der Waals surface area contributed by atoms with Crippen LogP contribution in [0.1, 0.15) is 37.7 Å². The first-order valence-corrected chi connectivity index (χ1v) is 8.41. The van der Waals surface area contributed by atoms with Gasteiger partial charge < -0.3 is 4.74 Å². The number of barbiturate groups is 1. The van der Waals surface area contributed by atoms with Crippen molar-refractivity contribution in [2.75, 3.05) is 7.11 Å². The second-order valence-corrected chi connectivity index (χ2v) is 6.40. The zero-order chi connectivity index (χ0) is 17.1. The van der Waals surface area contributed by atoms with E-state index in [4.69, 9.17) is 4.74 Å². The fourth-order valence-electron chi connectivity index (χ4n) is 3.50. The van der Waals surface area contributed by atoms with Crippen molar-refractivity contribution >= 4 is 17.8 Å². The Morgan fingerprint density at radius 2 is 1.75 bits per heavy atom. The molecule has 0 bridgehead atoms. The number of nitrogens with zero attached hydrogens (tertiary/aromatic N) is 1. The highest BCUT2D eigenvalue weighted by molar-refractivity contribution is 6.16. The fourth-order valence-corrected chi connectivity index (χ4v) is 3.50. The highest BCUT2D eigenvalue weighted by Crippen LogP contribution is 2.27. The molecule has 1 aliphatic carbocycles. The minimum Gasteiger partial charge on any atom is -0.497 e. The van der Waals surface area contributed by atoms with Gasteiger partial charge >= 0.3 is 6.03 Å². The summed E-state index contributed by atoms with van der Waals surface area (Å²) in [5.74, 6) is -1.01. The molecule has 1 saturated heterocycles. The Kier molecular flexibility index (Phi) is 4.83. The summed E-state index contributed by atoms with van der Waals surface area (Å²) in [5.41, 5.74) is 0.863. The maximum absolute atomic E-state index is 12.8. The minimum absolute atomic E-state index is 0.0854. The third kappa shape index (κ3) is 3.27. The van der Waals surface area contributed by atoms with E-state index in [2.05, 4.69) is 5.32 Å². The molecule has 6 heteroatoms. The molecule has 1 heterocycles. The van der Waals surface area contributed by atoms with Gasteiger partial charge in [-0.3, -0.25) is 19.8 Å². The topological polar surface area (TPSA) is 75.7 Å². The summed E-state index contributed by atoms with van der Waals surface area (Å²) in [6, 6.07) is 6.61. The molecule has 2 aliphatic rings. The van der Waals surface area contributed by atoms with Gasteiger partial charge in [-0.1, -0.05) is 31.4 Å². The van der Waals surface area contributed by atoms with Gasteiger partial charge in [0.15, 0.2) is 0 Å². The van der Waals surface area contributed by atoms with Gasteiger partial charge in [-0.2, -0.15) is 0 Å². The predicted molar refractivity (Wildman–Crippen MR) is 87.4 cm³/mol. The van der Waals surface area contributed by atoms with Gasteiger partial charge in [0, 0.05) is 6.04 Å². The number of benzene rings is 1. The quantitative estimate of drug-likeness (QED) is 0.859. The molecule has 1 unspecified atom stereocenters. The minimum atomic E-state index is -0.849. The van der Waals surface area contributed by atoms with Crippen LogP contribution in [0.25, 0.3) is 0 Å². The Balaban J connectivity index is 1.76. The van der Waals surface area contributed by atoms with E-state index in [0.717, 1.165) is 43.4 Å². The van der Waals surface area contributed by atoms with E-state index in [1.54, 1.807) is 19.2 Å². The fraction of sp³-hybridized carbons (Fsp3) is 0.500. The van der Waals surface area contributed by atoms with Gasteiger partial charge in [-0.05, 0) is 37.0 Å². The molecule has 4 amide bonds. The Bertz CT molecular complexity index is 635. The van der Waals surface area contributed by atoms with Crippen molar-refractivity contribution in [1.82, 2.24) is 10.2 Å². The van der Waals surface area contributed by atoms with E-state index >= 15 is 0 Å². The molecule has 1 N–H and O–H groups in total. The third-order valence-electron chi connectivity index (χ3n) is 4.84. The van der Waals surface area contributed by atoms with Crippen molar-refractivity contribution in [1.29, 1.82) is 0 Å². The number of amides is 4. The highest BCUT2D eigenvalue weighted by atomic mass is 16.5. The lowest BCUT2D eigenvalue weighted by atomic mass is 9.90. The van der Waals surface area contributed by atoms with Crippen molar-refractivity contribution in [3.05, 3.63) is 29.8 Å². The van der Waals surface area contributed by atoms with Crippen LogP contribution in [0.5, 0.6) is 5.75 Å². The normalized spacial score (nSPS) is 22.5. The molecule has 1 aromatic carbocycles. The van der Waals surface area contributed by atoms with Crippen molar-refractivity contribution < 1.29 is 19.1 Å². The number of nitrogens with one attached hydrogen (secondary N) is 1. The summed E-state index contributed by atoms with van der Waals surface area (Å²) in [5, 5.41) is 2.35. The van der Waals surface area contributed by atoms with Crippen LogP contribution in [0.4, 0.5) is 4.79 Å². The molecule has 0 radical (unpaired) electrons. The number of ether oxygens (including phenoxy) is 1. The molecule has 0 spiro atoms. The largest absolute Gasteiger partial charge is 0.497 e. The van der Waals surface area contributed by atoms with Crippen LogP contribution in [0, 0.1) is 5.92 Å². The van der Waals surface area contributed by atoms with Crippen molar-refractivity contribution in [2.45, 2.75) is 44.6 Å². The second-order valence-electron chi connectivity index (χ2n) is 6.40. The summed E-state index contributed by atoms with van der Waals surface area (Å²) < 4.78 is 5.11. The van der Waals surface area contributed by atoms with Crippen LogP contribution in [0.15, 0.2) is 24.3 Å². The van der Waals surface area contributed by atoms with E-state index in [-0.39, 0.29) is 18.4 Å². The summed E-state index contributed by atoms with van der Waals surface area (Å²) in [6.45, 7) is 0. The van der Waals surface area contributed by atoms with Crippen molar-refractivity contribution in [2.24, 2.45) is 5.92 Å². The molecular weight excluding hydrogens is 308 g/mol. The van der Waals surface area contributed by atoms with Crippen LogP contribution in [0.3, 0.4) is 0 Å². The van der Waals surface area contributed by atoms with E-state index < -0.39 is 17.9 Å². The first-order valence-electron chi connectivity index (χ1n) is 8.41. The second kappa shape index (κ2) is 7.03. The lowest BCUT2D eigenvalue weighted by Gasteiger charge is -2.37. The monoisotopic (exact) mass is 330 g/mol. The van der Waals surface area contributed by atoms with Crippen LogP contribution >= 0.6 is 0 Å². The smallest absolute Gasteiger partial charge is 0.331 e. The number of rotatable bonds is 4. The molecule has 3 rings (SSSR count). The first-order chi connectivity index (χ1) is 11.6. The lowest BCUT2D eigenvalue weighted by Crippen LogP contribution is -2.61. The molecule has 0 aromatic heterocycles. The van der Waals surface area contributed by atoms with Crippen LogP contribution in [-0.2, 0) is 16.0 Å². The van der Waals surface area contributed by atoms with Gasteiger partial charge in [0.05, 0.1) is 7.11 Å². The van der Waals surface area contributed by atoms with Crippen LogP contribution in [0.2, 0.25) is 0 Å². The molecule has 1 saturated carbocycles. The average Bonchev–Trinajstić information content (AvgIpc) is 2.60. The van der Waals surface area contributed by atoms with Crippen molar-refractivity contribution in [3.63, 3.8) is 0 Å². The number of hydrogen-bond donors (Lipinski definition) is 1.